The second-order valence-electron chi connectivity index (χ2n) is 5.54. The molecule has 0 aromatic heterocycles. The van der Waals surface area contributed by atoms with E-state index in [0.29, 0.717) is 6.54 Å². The van der Waals surface area contributed by atoms with Crippen molar-refractivity contribution in [2.24, 2.45) is 0 Å². The van der Waals surface area contributed by atoms with Gasteiger partial charge in [-0.25, -0.2) is 4.79 Å². The fourth-order valence-electron chi connectivity index (χ4n) is 2.98. The molecule has 3 rings (SSSR count). The molecule has 0 saturated heterocycles. The molecule has 0 aliphatic heterocycles. The average molecular weight is 296 g/mol. The minimum atomic E-state index is -0.172. The van der Waals surface area contributed by atoms with Gasteiger partial charge in [0.15, 0.2) is 0 Å². The Morgan fingerprint density at radius 1 is 1.09 bits per heavy atom. The normalized spacial score (nSPS) is 16.1. The van der Waals surface area contributed by atoms with Gasteiger partial charge in [0.25, 0.3) is 0 Å². The maximum Gasteiger partial charge on any atom is 0.315 e. The highest BCUT2D eigenvalue weighted by atomic mass is 16.3. The Kier molecular flexibility index (Phi) is 4.39. The first-order valence-corrected chi connectivity index (χ1v) is 7.57. The van der Waals surface area contributed by atoms with E-state index in [4.69, 9.17) is 0 Å². The number of aryl methyl sites for hydroxylation is 1. The lowest BCUT2D eigenvalue weighted by atomic mass is 10.1. The summed E-state index contributed by atoms with van der Waals surface area (Å²) in [5, 5.41) is 15.2. The molecule has 1 atom stereocenters. The van der Waals surface area contributed by atoms with Crippen molar-refractivity contribution in [3.05, 3.63) is 70.8 Å². The first-order chi connectivity index (χ1) is 10.8. The Hall–Kier alpha value is -2.33. The highest BCUT2D eigenvalue weighted by Gasteiger charge is 2.23. The number of benzene rings is 2. The number of aliphatic hydroxyl groups is 1. The molecule has 0 bridgehead atoms. The van der Waals surface area contributed by atoms with E-state index >= 15 is 0 Å². The van der Waals surface area contributed by atoms with E-state index in [1.54, 1.807) is 0 Å². The number of carbonyl (C=O) groups excluding carboxylic acids is 1. The quantitative estimate of drug-likeness (QED) is 0.812. The van der Waals surface area contributed by atoms with Crippen LogP contribution >= 0.6 is 0 Å². The van der Waals surface area contributed by atoms with E-state index in [-0.39, 0.29) is 18.7 Å². The van der Waals surface area contributed by atoms with Gasteiger partial charge in [-0.1, -0.05) is 48.5 Å². The first kappa shape index (κ1) is 14.6. The van der Waals surface area contributed by atoms with Crippen molar-refractivity contribution in [3.63, 3.8) is 0 Å². The van der Waals surface area contributed by atoms with Crippen molar-refractivity contribution in [1.82, 2.24) is 10.6 Å². The van der Waals surface area contributed by atoms with Crippen LogP contribution < -0.4 is 10.6 Å². The Labute approximate surface area is 130 Å². The van der Waals surface area contributed by atoms with Crippen molar-refractivity contribution in [2.45, 2.75) is 32.0 Å². The summed E-state index contributed by atoms with van der Waals surface area (Å²) in [6.45, 7) is 0.395. The van der Waals surface area contributed by atoms with E-state index in [2.05, 4.69) is 22.8 Å². The molecule has 1 aliphatic rings. The molecule has 0 radical (unpaired) electrons. The number of hydrogen-bond donors (Lipinski definition) is 3. The number of urea groups is 1. The van der Waals surface area contributed by atoms with Crippen LogP contribution in [0.1, 0.15) is 34.7 Å². The van der Waals surface area contributed by atoms with Crippen LogP contribution in [0.15, 0.2) is 48.5 Å². The van der Waals surface area contributed by atoms with Crippen molar-refractivity contribution < 1.29 is 9.90 Å². The molecule has 1 unspecified atom stereocenters. The summed E-state index contributed by atoms with van der Waals surface area (Å²) in [6, 6.07) is 15.7. The minimum absolute atomic E-state index is 0.0184. The van der Waals surface area contributed by atoms with Crippen LogP contribution in [0.4, 0.5) is 4.79 Å². The summed E-state index contributed by atoms with van der Waals surface area (Å²) in [6.07, 6.45) is 1.95. The smallest absolute Gasteiger partial charge is 0.315 e. The molecular formula is C18H20N2O2. The molecule has 114 valence electrons. The second-order valence-corrected chi connectivity index (χ2v) is 5.54. The van der Waals surface area contributed by atoms with E-state index in [1.165, 1.54) is 11.1 Å². The predicted molar refractivity (Wildman–Crippen MR) is 85.2 cm³/mol. The standard InChI is InChI=1S/C18H20N2O2/c21-12-15-7-2-1-6-14(15)11-19-18(22)20-17-10-9-13-5-3-4-8-16(13)17/h1-8,17,21H,9-12H2,(H2,19,20,22). The Bertz CT molecular complexity index is 670. The molecule has 22 heavy (non-hydrogen) atoms. The van der Waals surface area contributed by atoms with E-state index in [1.807, 2.05) is 36.4 Å². The van der Waals surface area contributed by atoms with Crippen molar-refractivity contribution in [3.8, 4) is 0 Å². The van der Waals surface area contributed by atoms with E-state index in [9.17, 15) is 9.90 Å². The van der Waals surface area contributed by atoms with E-state index in [0.717, 1.165) is 24.0 Å². The van der Waals surface area contributed by atoms with Gasteiger partial charge in [0.2, 0.25) is 0 Å². The van der Waals surface area contributed by atoms with Crippen molar-refractivity contribution >= 4 is 6.03 Å². The number of rotatable bonds is 4. The molecule has 0 spiro atoms. The number of hydrogen-bond acceptors (Lipinski definition) is 2. The first-order valence-electron chi connectivity index (χ1n) is 7.57. The largest absolute Gasteiger partial charge is 0.392 e. The summed E-state index contributed by atoms with van der Waals surface area (Å²) >= 11 is 0. The van der Waals surface area contributed by atoms with Crippen LogP contribution in [0.25, 0.3) is 0 Å². The number of fused-ring (bicyclic) bond motifs is 1. The lowest BCUT2D eigenvalue weighted by molar-refractivity contribution is 0.236. The molecule has 1 aliphatic carbocycles. The van der Waals surface area contributed by atoms with Crippen LogP contribution in [0, 0.1) is 0 Å². The summed E-state index contributed by atoms with van der Waals surface area (Å²) in [7, 11) is 0. The molecule has 0 saturated carbocycles. The highest BCUT2D eigenvalue weighted by molar-refractivity contribution is 5.74. The Balaban J connectivity index is 1.58. The third kappa shape index (κ3) is 3.12. The SMILES string of the molecule is O=C(NCc1ccccc1CO)NC1CCc2ccccc21. The number of amides is 2. The summed E-state index contributed by atoms with van der Waals surface area (Å²) in [5.41, 5.74) is 4.31. The Morgan fingerprint density at radius 3 is 2.64 bits per heavy atom. The monoisotopic (exact) mass is 296 g/mol. The molecular weight excluding hydrogens is 276 g/mol. The Morgan fingerprint density at radius 2 is 1.82 bits per heavy atom. The topological polar surface area (TPSA) is 61.4 Å². The van der Waals surface area contributed by atoms with E-state index < -0.39 is 0 Å². The zero-order chi connectivity index (χ0) is 15.4. The van der Waals surface area contributed by atoms with Gasteiger partial charge >= 0.3 is 6.03 Å². The predicted octanol–water partition coefficient (Wildman–Crippen LogP) is 2.67. The number of carbonyl (C=O) groups is 1. The molecule has 2 aromatic carbocycles. The molecule has 2 aromatic rings. The van der Waals surface area contributed by atoms with Crippen LogP contribution in [-0.4, -0.2) is 11.1 Å². The van der Waals surface area contributed by atoms with Crippen molar-refractivity contribution in [1.29, 1.82) is 0 Å². The van der Waals surface area contributed by atoms with Gasteiger partial charge in [0.1, 0.15) is 0 Å². The fraction of sp³-hybridized carbons (Fsp3) is 0.278. The van der Waals surface area contributed by atoms with Crippen molar-refractivity contribution in [2.75, 3.05) is 0 Å². The summed E-state index contributed by atoms with van der Waals surface area (Å²) in [4.78, 5) is 12.1. The van der Waals surface area contributed by atoms with Gasteiger partial charge in [0.05, 0.1) is 12.6 Å². The third-order valence-corrected chi connectivity index (χ3v) is 4.17. The lowest BCUT2D eigenvalue weighted by Gasteiger charge is -2.15. The van der Waals surface area contributed by atoms with Gasteiger partial charge in [-0.2, -0.15) is 0 Å². The second kappa shape index (κ2) is 6.62. The van der Waals surface area contributed by atoms with Gasteiger partial charge in [-0.3, -0.25) is 0 Å². The van der Waals surface area contributed by atoms with Gasteiger partial charge in [-0.15, -0.1) is 0 Å². The zero-order valence-electron chi connectivity index (χ0n) is 12.4. The molecule has 0 heterocycles. The number of aliphatic hydroxyl groups excluding tert-OH is 1. The van der Waals surface area contributed by atoms with Gasteiger partial charge in [-0.05, 0) is 35.1 Å². The minimum Gasteiger partial charge on any atom is -0.392 e. The molecule has 0 fully saturated rings. The maximum atomic E-state index is 12.1. The van der Waals surface area contributed by atoms with Crippen LogP contribution in [0.2, 0.25) is 0 Å². The fourth-order valence-corrected chi connectivity index (χ4v) is 2.98. The van der Waals surface area contributed by atoms with Crippen LogP contribution in [0.5, 0.6) is 0 Å². The van der Waals surface area contributed by atoms with Gasteiger partial charge < -0.3 is 15.7 Å². The van der Waals surface area contributed by atoms with Crippen LogP contribution in [-0.2, 0) is 19.6 Å². The highest BCUT2D eigenvalue weighted by Crippen LogP contribution is 2.30. The summed E-state index contributed by atoms with van der Waals surface area (Å²) in [5.74, 6) is 0. The maximum absolute atomic E-state index is 12.1. The summed E-state index contributed by atoms with van der Waals surface area (Å²) < 4.78 is 0. The molecule has 2 amide bonds. The van der Waals surface area contributed by atoms with Gasteiger partial charge in [0, 0.05) is 6.54 Å². The average Bonchev–Trinajstić information content (AvgIpc) is 2.96. The third-order valence-electron chi connectivity index (χ3n) is 4.17. The molecule has 4 heteroatoms. The zero-order valence-corrected chi connectivity index (χ0v) is 12.4. The molecule has 4 nitrogen and oxygen atoms in total. The lowest BCUT2D eigenvalue weighted by Crippen LogP contribution is -2.37. The number of nitrogens with one attached hydrogen (secondary N) is 2. The molecule has 3 N–H and O–H groups in total. The van der Waals surface area contributed by atoms with Crippen LogP contribution in [0.3, 0.4) is 0 Å².